The number of hydrogen-bond donors (Lipinski definition) is 1. The van der Waals surface area contributed by atoms with E-state index in [1.54, 1.807) is 30.3 Å². The van der Waals surface area contributed by atoms with E-state index < -0.39 is 5.97 Å². The summed E-state index contributed by atoms with van der Waals surface area (Å²) in [7, 11) is 1.30. The second kappa shape index (κ2) is 7.79. The normalized spacial score (nSPS) is 9.91. The Morgan fingerprint density at radius 2 is 1.91 bits per heavy atom. The highest BCUT2D eigenvalue weighted by Crippen LogP contribution is 2.19. The number of halogens is 1. The van der Waals surface area contributed by atoms with Crippen LogP contribution in [0.2, 0.25) is 0 Å². The third-order valence-electron chi connectivity index (χ3n) is 2.79. The van der Waals surface area contributed by atoms with Gasteiger partial charge >= 0.3 is 5.97 Å². The summed E-state index contributed by atoms with van der Waals surface area (Å²) in [5.41, 5.74) is 1.19. The van der Waals surface area contributed by atoms with Crippen LogP contribution in [0.5, 0.6) is 5.75 Å². The number of benzene rings is 2. The standard InChI is InChI=1S/C16H14INO4/c1-21-15(19)10-22-12-6-4-5-11(9-12)18-16(20)13-7-2-3-8-14(13)17/h2-9H,10H2,1H3,(H,18,20). The van der Waals surface area contributed by atoms with Crippen molar-refractivity contribution in [2.75, 3.05) is 19.0 Å². The highest BCUT2D eigenvalue weighted by molar-refractivity contribution is 14.1. The molecule has 1 N–H and O–H groups in total. The van der Waals surface area contributed by atoms with Crippen LogP contribution in [0.1, 0.15) is 10.4 Å². The molecule has 2 aromatic rings. The van der Waals surface area contributed by atoms with Crippen molar-refractivity contribution in [3.63, 3.8) is 0 Å². The van der Waals surface area contributed by atoms with Crippen molar-refractivity contribution in [1.29, 1.82) is 0 Å². The largest absolute Gasteiger partial charge is 0.482 e. The number of anilines is 1. The van der Waals surface area contributed by atoms with Crippen molar-refractivity contribution in [3.8, 4) is 5.75 Å². The Bertz CT molecular complexity index is 687. The summed E-state index contributed by atoms with van der Waals surface area (Å²) in [5, 5.41) is 2.80. The number of rotatable bonds is 5. The Morgan fingerprint density at radius 3 is 2.64 bits per heavy atom. The molecule has 2 rings (SSSR count). The van der Waals surface area contributed by atoms with Gasteiger partial charge in [-0.3, -0.25) is 4.79 Å². The Hall–Kier alpha value is -2.09. The molecule has 22 heavy (non-hydrogen) atoms. The summed E-state index contributed by atoms with van der Waals surface area (Å²) in [6, 6.07) is 14.1. The van der Waals surface area contributed by atoms with Crippen LogP contribution in [0.15, 0.2) is 48.5 Å². The molecule has 0 bridgehead atoms. The van der Waals surface area contributed by atoms with E-state index >= 15 is 0 Å². The van der Waals surface area contributed by atoms with E-state index in [0.29, 0.717) is 17.0 Å². The fourth-order valence-electron chi connectivity index (χ4n) is 1.71. The lowest BCUT2D eigenvalue weighted by molar-refractivity contribution is -0.142. The van der Waals surface area contributed by atoms with Gasteiger partial charge in [0.25, 0.3) is 5.91 Å². The maximum Gasteiger partial charge on any atom is 0.343 e. The van der Waals surface area contributed by atoms with E-state index in [4.69, 9.17) is 4.74 Å². The summed E-state index contributed by atoms with van der Waals surface area (Å²) in [6.07, 6.45) is 0. The molecule has 0 aliphatic carbocycles. The summed E-state index contributed by atoms with van der Waals surface area (Å²) in [6.45, 7) is -0.176. The SMILES string of the molecule is COC(=O)COc1cccc(NC(=O)c2ccccc2I)c1. The molecule has 0 unspecified atom stereocenters. The number of nitrogens with one attached hydrogen (secondary N) is 1. The minimum Gasteiger partial charge on any atom is -0.482 e. The molecule has 1 amide bonds. The zero-order valence-electron chi connectivity index (χ0n) is 11.8. The summed E-state index contributed by atoms with van der Waals surface area (Å²) < 4.78 is 10.7. The Labute approximate surface area is 141 Å². The maximum absolute atomic E-state index is 12.2. The quantitative estimate of drug-likeness (QED) is 0.607. The number of methoxy groups -OCH3 is 1. The molecule has 0 saturated heterocycles. The van der Waals surface area contributed by atoms with Crippen LogP contribution in [0, 0.1) is 3.57 Å². The van der Waals surface area contributed by atoms with Gasteiger partial charge in [-0.2, -0.15) is 0 Å². The van der Waals surface area contributed by atoms with Crippen LogP contribution in [-0.4, -0.2) is 25.6 Å². The molecule has 6 heteroatoms. The molecule has 0 aliphatic heterocycles. The number of amides is 1. The number of ether oxygens (including phenoxy) is 2. The zero-order valence-corrected chi connectivity index (χ0v) is 14.0. The molecule has 5 nitrogen and oxygen atoms in total. The number of carbonyl (C=O) groups is 2. The highest BCUT2D eigenvalue weighted by atomic mass is 127. The number of esters is 1. The van der Waals surface area contributed by atoms with Gasteiger partial charge in [0.2, 0.25) is 0 Å². The summed E-state index contributed by atoms with van der Waals surface area (Å²) in [4.78, 5) is 23.3. The predicted molar refractivity (Wildman–Crippen MR) is 91.1 cm³/mol. The van der Waals surface area contributed by atoms with Crippen LogP contribution >= 0.6 is 22.6 Å². The van der Waals surface area contributed by atoms with E-state index in [1.165, 1.54) is 7.11 Å². The van der Waals surface area contributed by atoms with Crippen molar-refractivity contribution < 1.29 is 19.1 Å². The lowest BCUT2D eigenvalue weighted by atomic mass is 10.2. The van der Waals surface area contributed by atoms with Gasteiger partial charge in [0.1, 0.15) is 5.75 Å². The first-order chi connectivity index (χ1) is 10.6. The van der Waals surface area contributed by atoms with Crippen LogP contribution in [0.25, 0.3) is 0 Å². The second-order valence-electron chi connectivity index (χ2n) is 4.33. The lowest BCUT2D eigenvalue weighted by Gasteiger charge is -2.09. The molecule has 114 valence electrons. The Kier molecular flexibility index (Phi) is 5.76. The Morgan fingerprint density at radius 1 is 1.14 bits per heavy atom. The maximum atomic E-state index is 12.2. The van der Waals surface area contributed by atoms with E-state index in [1.807, 2.05) is 18.2 Å². The Balaban J connectivity index is 2.05. The molecule has 0 aromatic heterocycles. The average Bonchev–Trinajstić information content (AvgIpc) is 2.53. The van der Waals surface area contributed by atoms with Crippen molar-refractivity contribution in [2.24, 2.45) is 0 Å². The molecule has 2 aromatic carbocycles. The van der Waals surface area contributed by atoms with E-state index in [9.17, 15) is 9.59 Å². The van der Waals surface area contributed by atoms with Gasteiger partial charge in [-0.25, -0.2) is 4.79 Å². The molecule has 0 atom stereocenters. The first-order valence-electron chi connectivity index (χ1n) is 6.45. The molecular weight excluding hydrogens is 397 g/mol. The predicted octanol–water partition coefficient (Wildman–Crippen LogP) is 3.10. The van der Waals surface area contributed by atoms with Gasteiger partial charge < -0.3 is 14.8 Å². The molecule has 0 heterocycles. The van der Waals surface area contributed by atoms with Crippen molar-refractivity contribution in [1.82, 2.24) is 0 Å². The van der Waals surface area contributed by atoms with Crippen LogP contribution in [0.3, 0.4) is 0 Å². The van der Waals surface area contributed by atoms with Crippen molar-refractivity contribution >= 4 is 40.2 Å². The lowest BCUT2D eigenvalue weighted by Crippen LogP contribution is -2.14. The third-order valence-corrected chi connectivity index (χ3v) is 3.74. The molecule has 0 saturated carbocycles. The smallest absolute Gasteiger partial charge is 0.343 e. The molecule has 0 aliphatic rings. The van der Waals surface area contributed by atoms with Crippen molar-refractivity contribution in [2.45, 2.75) is 0 Å². The summed E-state index contributed by atoms with van der Waals surface area (Å²) >= 11 is 2.11. The number of hydrogen-bond acceptors (Lipinski definition) is 4. The highest BCUT2D eigenvalue weighted by Gasteiger charge is 2.10. The van der Waals surface area contributed by atoms with Gasteiger partial charge in [0.15, 0.2) is 6.61 Å². The molecule has 0 spiro atoms. The minimum atomic E-state index is -0.465. The first kappa shape index (κ1) is 16.3. The van der Waals surface area contributed by atoms with E-state index in [2.05, 4.69) is 32.6 Å². The monoisotopic (exact) mass is 411 g/mol. The second-order valence-corrected chi connectivity index (χ2v) is 5.49. The van der Waals surface area contributed by atoms with Gasteiger partial charge in [-0.15, -0.1) is 0 Å². The molecular formula is C16H14INO4. The van der Waals surface area contributed by atoms with Gasteiger partial charge in [-0.1, -0.05) is 18.2 Å². The van der Waals surface area contributed by atoms with E-state index in [0.717, 1.165) is 3.57 Å². The van der Waals surface area contributed by atoms with Crippen LogP contribution < -0.4 is 10.1 Å². The average molecular weight is 411 g/mol. The number of carbonyl (C=O) groups excluding carboxylic acids is 2. The van der Waals surface area contributed by atoms with Gasteiger partial charge in [0.05, 0.1) is 12.7 Å². The summed E-state index contributed by atoms with van der Waals surface area (Å²) in [5.74, 6) is -0.186. The van der Waals surface area contributed by atoms with Gasteiger partial charge in [-0.05, 0) is 46.9 Å². The molecule has 0 radical (unpaired) electrons. The third kappa shape index (κ3) is 4.45. The van der Waals surface area contributed by atoms with Gasteiger partial charge in [0, 0.05) is 15.3 Å². The fourth-order valence-corrected chi connectivity index (χ4v) is 2.34. The minimum absolute atomic E-state index is 0.176. The van der Waals surface area contributed by atoms with Crippen LogP contribution in [-0.2, 0) is 9.53 Å². The molecule has 0 fully saturated rings. The van der Waals surface area contributed by atoms with Crippen molar-refractivity contribution in [3.05, 3.63) is 57.7 Å². The first-order valence-corrected chi connectivity index (χ1v) is 7.53. The topological polar surface area (TPSA) is 64.6 Å². The van der Waals surface area contributed by atoms with E-state index in [-0.39, 0.29) is 12.5 Å². The fraction of sp³-hybridized carbons (Fsp3) is 0.125. The van der Waals surface area contributed by atoms with Crippen LogP contribution in [0.4, 0.5) is 5.69 Å². The zero-order chi connectivity index (χ0) is 15.9.